The zero-order chi connectivity index (χ0) is 8.39. The van der Waals surface area contributed by atoms with Crippen molar-refractivity contribution in [1.82, 2.24) is 9.97 Å². The number of nitrogens with zero attached hydrogens (tertiary/aromatic N) is 2. The molecule has 2 aliphatic rings. The fourth-order valence-electron chi connectivity index (χ4n) is 1.12. The van der Waals surface area contributed by atoms with Crippen LogP contribution in [0.4, 0.5) is 0 Å². The molecule has 2 rings (SSSR count). The van der Waals surface area contributed by atoms with Crippen LogP contribution in [0.25, 0.3) is 11.3 Å². The van der Waals surface area contributed by atoms with Crippen molar-refractivity contribution in [2.45, 2.75) is 0 Å². The zero-order valence-electron chi connectivity index (χ0n) is 6.23. The lowest BCUT2D eigenvalue weighted by atomic mass is 10.1. The minimum Gasteiger partial charge on any atom is -0.410 e. The summed E-state index contributed by atoms with van der Waals surface area (Å²) in [5.41, 5.74) is 1.71. The standard InChI is InChI=1S/C8H7N3O/c12-11-8-3-1-2-7-6(8)4-9-5-10-7/h1-5,12H,(H,9,10)/b11-8+. The summed E-state index contributed by atoms with van der Waals surface area (Å²) >= 11 is 0. The third-order valence-corrected chi connectivity index (χ3v) is 1.69. The summed E-state index contributed by atoms with van der Waals surface area (Å²) in [5, 5.41) is 12.3. The number of aromatic amines is 1. The van der Waals surface area contributed by atoms with Crippen molar-refractivity contribution in [2.75, 3.05) is 0 Å². The molecule has 4 heteroatoms. The second-order valence-corrected chi connectivity index (χ2v) is 2.39. The largest absolute Gasteiger partial charge is 0.410 e. The van der Waals surface area contributed by atoms with Crippen LogP contribution in [-0.2, 0) is 0 Å². The zero-order valence-corrected chi connectivity index (χ0v) is 6.23. The van der Waals surface area contributed by atoms with E-state index in [4.69, 9.17) is 5.21 Å². The van der Waals surface area contributed by atoms with E-state index in [9.17, 15) is 0 Å². The number of benzene rings is 1. The van der Waals surface area contributed by atoms with Gasteiger partial charge in [0.2, 0.25) is 0 Å². The van der Waals surface area contributed by atoms with E-state index >= 15 is 0 Å². The summed E-state index contributed by atoms with van der Waals surface area (Å²) in [7, 11) is 0. The summed E-state index contributed by atoms with van der Waals surface area (Å²) in [5.74, 6) is 0. The summed E-state index contributed by atoms with van der Waals surface area (Å²) < 4.78 is 0. The second-order valence-electron chi connectivity index (χ2n) is 2.39. The van der Waals surface area contributed by atoms with E-state index in [2.05, 4.69) is 15.1 Å². The molecule has 12 heavy (non-hydrogen) atoms. The first-order chi connectivity index (χ1) is 5.92. The topological polar surface area (TPSA) is 61.3 Å². The molecule has 0 radical (unpaired) electrons. The van der Waals surface area contributed by atoms with E-state index in [-0.39, 0.29) is 0 Å². The molecule has 1 aliphatic heterocycles. The van der Waals surface area contributed by atoms with Gasteiger partial charge in [0, 0.05) is 11.8 Å². The maximum absolute atomic E-state index is 8.62. The van der Waals surface area contributed by atoms with Gasteiger partial charge in [-0.1, -0.05) is 11.2 Å². The van der Waals surface area contributed by atoms with Gasteiger partial charge in [0.15, 0.2) is 0 Å². The second kappa shape index (κ2) is 2.65. The van der Waals surface area contributed by atoms with E-state index in [1.165, 1.54) is 0 Å². The van der Waals surface area contributed by atoms with Crippen molar-refractivity contribution in [1.29, 1.82) is 0 Å². The lowest BCUT2D eigenvalue weighted by Gasteiger charge is -2.01. The smallest absolute Gasteiger partial charge is 0.113 e. The summed E-state index contributed by atoms with van der Waals surface area (Å²) in [6.45, 7) is 0. The van der Waals surface area contributed by atoms with Gasteiger partial charge in [0.1, 0.15) is 5.36 Å². The Kier molecular flexibility index (Phi) is 1.51. The summed E-state index contributed by atoms with van der Waals surface area (Å²) in [4.78, 5) is 6.84. The molecule has 0 spiro atoms. The van der Waals surface area contributed by atoms with Crippen LogP contribution in [-0.4, -0.2) is 15.2 Å². The first kappa shape index (κ1) is 6.84. The van der Waals surface area contributed by atoms with Crippen LogP contribution in [0.1, 0.15) is 0 Å². The van der Waals surface area contributed by atoms with E-state index < -0.39 is 0 Å². The lowest BCUT2D eigenvalue weighted by molar-refractivity contribution is 0.302. The molecule has 0 bridgehead atoms. The Labute approximate surface area is 68.6 Å². The molecule has 1 aliphatic carbocycles. The van der Waals surface area contributed by atoms with Crippen molar-refractivity contribution in [2.24, 2.45) is 5.16 Å². The van der Waals surface area contributed by atoms with Crippen molar-refractivity contribution in [3.05, 3.63) is 36.1 Å². The highest BCUT2D eigenvalue weighted by molar-refractivity contribution is 5.57. The van der Waals surface area contributed by atoms with Gasteiger partial charge in [-0.25, -0.2) is 4.98 Å². The molecule has 0 amide bonds. The third kappa shape index (κ3) is 0.934. The van der Waals surface area contributed by atoms with E-state index in [0.29, 0.717) is 5.36 Å². The molecule has 4 nitrogen and oxygen atoms in total. The highest BCUT2D eigenvalue weighted by atomic mass is 16.4. The van der Waals surface area contributed by atoms with E-state index in [1.54, 1.807) is 18.6 Å². The molecule has 2 N–H and O–H groups in total. The molecule has 0 aromatic rings. The number of fused-ring (bicyclic) bond motifs is 1. The highest BCUT2D eigenvalue weighted by Crippen LogP contribution is 2.10. The Balaban J connectivity index is 2.87. The van der Waals surface area contributed by atoms with Crippen LogP contribution >= 0.6 is 0 Å². The molecule has 0 saturated carbocycles. The van der Waals surface area contributed by atoms with Crippen LogP contribution in [0, 0.1) is 0 Å². The molecular formula is C8H7N3O. The van der Waals surface area contributed by atoms with Crippen LogP contribution in [0.15, 0.2) is 35.9 Å². The molecule has 0 fully saturated rings. The Bertz CT molecular complexity index is 421. The Morgan fingerprint density at radius 2 is 2.33 bits per heavy atom. The maximum atomic E-state index is 8.62. The molecule has 0 atom stereocenters. The number of hydrogen-bond acceptors (Lipinski definition) is 3. The molecule has 60 valence electrons. The number of hydrogen-bond donors (Lipinski definition) is 2. The Morgan fingerprint density at radius 1 is 1.42 bits per heavy atom. The van der Waals surface area contributed by atoms with Crippen LogP contribution in [0.5, 0.6) is 0 Å². The molecular weight excluding hydrogens is 154 g/mol. The van der Waals surface area contributed by atoms with Gasteiger partial charge in [0.25, 0.3) is 0 Å². The van der Waals surface area contributed by atoms with E-state index in [0.717, 1.165) is 11.3 Å². The number of nitrogens with one attached hydrogen (secondary N) is 1. The van der Waals surface area contributed by atoms with Crippen molar-refractivity contribution >= 4 is 0 Å². The van der Waals surface area contributed by atoms with Crippen LogP contribution in [0.2, 0.25) is 0 Å². The minimum atomic E-state index is 0.525. The third-order valence-electron chi connectivity index (χ3n) is 1.69. The predicted molar refractivity (Wildman–Crippen MR) is 42.6 cm³/mol. The average Bonchev–Trinajstić information content (AvgIpc) is 2.17. The number of aromatic nitrogens is 2. The van der Waals surface area contributed by atoms with Gasteiger partial charge in [-0.15, -0.1) is 0 Å². The van der Waals surface area contributed by atoms with Gasteiger partial charge in [-0.05, 0) is 12.1 Å². The minimum absolute atomic E-state index is 0.525. The SMILES string of the molecule is O/N=c1\cccc2[nH]cncc1-2. The van der Waals surface area contributed by atoms with Gasteiger partial charge < -0.3 is 10.2 Å². The predicted octanol–water partition coefficient (Wildman–Crippen LogP) is 0.804. The van der Waals surface area contributed by atoms with Crippen molar-refractivity contribution in [3.63, 3.8) is 0 Å². The molecule has 0 aromatic carbocycles. The summed E-state index contributed by atoms with van der Waals surface area (Å²) in [6.07, 6.45) is 3.24. The maximum Gasteiger partial charge on any atom is 0.113 e. The van der Waals surface area contributed by atoms with Crippen LogP contribution < -0.4 is 5.36 Å². The van der Waals surface area contributed by atoms with Gasteiger partial charge in [-0.2, -0.15) is 0 Å². The fourth-order valence-corrected chi connectivity index (χ4v) is 1.12. The first-order valence-electron chi connectivity index (χ1n) is 3.51. The number of H-pyrrole nitrogens is 1. The molecule has 1 heterocycles. The quantitative estimate of drug-likeness (QED) is 0.443. The normalized spacial score (nSPS) is 12.2. The van der Waals surface area contributed by atoms with Gasteiger partial charge >= 0.3 is 0 Å². The fraction of sp³-hybridized carbons (Fsp3) is 0. The highest BCUT2D eigenvalue weighted by Gasteiger charge is 2.01. The van der Waals surface area contributed by atoms with Gasteiger partial charge in [0.05, 0.1) is 12.0 Å². The van der Waals surface area contributed by atoms with E-state index in [1.807, 2.05) is 12.1 Å². The first-order valence-corrected chi connectivity index (χ1v) is 3.51. The summed E-state index contributed by atoms with van der Waals surface area (Å²) in [6, 6.07) is 5.43. The van der Waals surface area contributed by atoms with Crippen LogP contribution in [0.3, 0.4) is 0 Å². The average molecular weight is 161 g/mol. The Hall–Kier alpha value is -1.84. The molecule has 0 saturated heterocycles. The lowest BCUT2D eigenvalue weighted by Crippen LogP contribution is -2.07. The number of rotatable bonds is 0. The Morgan fingerprint density at radius 3 is 3.17 bits per heavy atom. The molecule has 0 aromatic heterocycles. The van der Waals surface area contributed by atoms with Crippen molar-refractivity contribution in [3.8, 4) is 11.3 Å². The van der Waals surface area contributed by atoms with Gasteiger partial charge in [-0.3, -0.25) is 0 Å². The molecule has 0 unspecified atom stereocenters. The monoisotopic (exact) mass is 161 g/mol. The van der Waals surface area contributed by atoms with Crippen molar-refractivity contribution < 1.29 is 5.21 Å².